The number of aromatic nitrogens is 5. The lowest BCUT2D eigenvalue weighted by atomic mass is 10.2. The first-order valence-electron chi connectivity index (χ1n) is 8.70. The van der Waals surface area contributed by atoms with Gasteiger partial charge in [0.15, 0.2) is 5.69 Å². The second kappa shape index (κ2) is 8.88. The number of thioether (sulfide) groups is 1. The van der Waals surface area contributed by atoms with Crippen LogP contribution in [0.4, 0.5) is 5.82 Å². The minimum atomic E-state index is -0.498. The molecule has 3 aromatic heterocycles. The van der Waals surface area contributed by atoms with Crippen LogP contribution in [0.2, 0.25) is 0 Å². The number of thiophene rings is 1. The van der Waals surface area contributed by atoms with E-state index >= 15 is 0 Å². The van der Waals surface area contributed by atoms with Crippen LogP contribution >= 0.6 is 23.1 Å². The Morgan fingerprint density at radius 2 is 2.17 bits per heavy atom. The summed E-state index contributed by atoms with van der Waals surface area (Å²) in [5.41, 5.74) is 10.9. The molecule has 3 heterocycles. The van der Waals surface area contributed by atoms with Crippen LogP contribution in [0, 0.1) is 6.92 Å². The van der Waals surface area contributed by atoms with E-state index in [2.05, 4.69) is 35.8 Å². The van der Waals surface area contributed by atoms with E-state index in [1.807, 2.05) is 48.0 Å². The van der Waals surface area contributed by atoms with Gasteiger partial charge in [0.2, 0.25) is 11.6 Å². The molecule has 30 heavy (non-hydrogen) atoms. The summed E-state index contributed by atoms with van der Waals surface area (Å²) in [5, 5.41) is 23.2. The maximum atomic E-state index is 12.7. The number of hydrogen-bond donors (Lipinski definition) is 2. The topological polar surface area (TPSA) is 137 Å². The highest BCUT2D eigenvalue weighted by atomic mass is 32.2. The van der Waals surface area contributed by atoms with Crippen molar-refractivity contribution in [2.45, 2.75) is 17.6 Å². The maximum Gasteiger partial charge on any atom is 0.293 e. The number of carbonyl (C=O) groups is 1. The van der Waals surface area contributed by atoms with Crippen molar-refractivity contribution in [3.63, 3.8) is 0 Å². The zero-order chi connectivity index (χ0) is 20.9. The molecule has 0 spiro atoms. The number of amides is 1. The lowest BCUT2D eigenvalue weighted by Crippen LogP contribution is -2.20. The molecule has 0 saturated heterocycles. The number of nitrogens with zero attached hydrogens (tertiary/aromatic N) is 6. The predicted molar refractivity (Wildman–Crippen MR) is 114 cm³/mol. The normalized spacial score (nSPS) is 11.2. The van der Waals surface area contributed by atoms with Gasteiger partial charge in [0, 0.05) is 16.2 Å². The highest BCUT2D eigenvalue weighted by Gasteiger charge is 2.24. The number of anilines is 1. The monoisotopic (exact) mass is 440 g/mol. The molecular formula is C18H16N8O2S2. The third-order valence-electron chi connectivity index (χ3n) is 3.99. The number of carbonyl (C=O) groups excluding carboxylic acids is 1. The van der Waals surface area contributed by atoms with Crippen LogP contribution in [-0.4, -0.2) is 37.4 Å². The van der Waals surface area contributed by atoms with Crippen LogP contribution in [-0.2, 0) is 5.75 Å². The SMILES string of the molecule is Cc1ccc(SCc2c(C(=O)N/N=C\c3ccsc3)nnn2-c2nonc2N)cc1. The van der Waals surface area contributed by atoms with Crippen molar-refractivity contribution in [3.05, 3.63) is 63.6 Å². The molecule has 12 heteroatoms. The van der Waals surface area contributed by atoms with Crippen molar-refractivity contribution in [2.24, 2.45) is 5.10 Å². The molecule has 0 saturated carbocycles. The minimum absolute atomic E-state index is 0.0453. The Morgan fingerprint density at radius 3 is 2.87 bits per heavy atom. The third-order valence-corrected chi connectivity index (χ3v) is 5.72. The van der Waals surface area contributed by atoms with Gasteiger partial charge in [-0.05, 0) is 46.2 Å². The van der Waals surface area contributed by atoms with Gasteiger partial charge in [-0.25, -0.2) is 10.1 Å². The van der Waals surface area contributed by atoms with Crippen LogP contribution in [0.25, 0.3) is 5.82 Å². The van der Waals surface area contributed by atoms with Gasteiger partial charge in [-0.3, -0.25) is 4.79 Å². The summed E-state index contributed by atoms with van der Waals surface area (Å²) in [7, 11) is 0. The second-order valence-electron chi connectivity index (χ2n) is 6.13. The Morgan fingerprint density at radius 1 is 1.33 bits per heavy atom. The summed E-state index contributed by atoms with van der Waals surface area (Å²) in [6.07, 6.45) is 1.55. The number of rotatable bonds is 7. The lowest BCUT2D eigenvalue weighted by molar-refractivity contribution is 0.0949. The summed E-state index contributed by atoms with van der Waals surface area (Å²) < 4.78 is 6.01. The molecule has 1 aromatic carbocycles. The number of benzene rings is 1. The number of nitrogens with one attached hydrogen (secondary N) is 1. The first kappa shape index (κ1) is 19.8. The molecule has 0 bridgehead atoms. The molecule has 0 aliphatic carbocycles. The Hall–Kier alpha value is -3.51. The number of nitrogen functional groups attached to an aromatic ring is 1. The van der Waals surface area contributed by atoms with Crippen molar-refractivity contribution < 1.29 is 9.42 Å². The standard InChI is InChI=1S/C18H16N8O2S2/c1-11-2-4-13(5-3-11)30-10-14-15(18(27)22-20-8-12-6-7-29-9-12)21-25-26(14)17-16(19)23-28-24-17/h2-9H,10H2,1H3,(H2,19,23)(H,22,27)/b20-8-. The minimum Gasteiger partial charge on any atom is -0.378 e. The predicted octanol–water partition coefficient (Wildman–Crippen LogP) is 2.66. The second-order valence-corrected chi connectivity index (χ2v) is 7.96. The summed E-state index contributed by atoms with van der Waals surface area (Å²) in [4.78, 5) is 13.7. The van der Waals surface area contributed by atoms with E-state index in [4.69, 9.17) is 5.73 Å². The van der Waals surface area contributed by atoms with E-state index in [1.54, 1.807) is 6.21 Å². The molecule has 3 N–H and O–H groups in total. The van der Waals surface area contributed by atoms with E-state index in [0.717, 1.165) is 16.0 Å². The highest BCUT2D eigenvalue weighted by molar-refractivity contribution is 7.98. The molecule has 0 aliphatic rings. The molecule has 1 amide bonds. The van der Waals surface area contributed by atoms with Crippen molar-refractivity contribution in [3.8, 4) is 5.82 Å². The van der Waals surface area contributed by atoms with Crippen LogP contribution in [0.1, 0.15) is 27.3 Å². The van der Waals surface area contributed by atoms with E-state index in [9.17, 15) is 4.79 Å². The average molecular weight is 441 g/mol. The van der Waals surface area contributed by atoms with Crippen LogP contribution in [0.3, 0.4) is 0 Å². The molecule has 152 valence electrons. The molecular weight excluding hydrogens is 424 g/mol. The summed E-state index contributed by atoms with van der Waals surface area (Å²) >= 11 is 3.06. The van der Waals surface area contributed by atoms with E-state index in [0.29, 0.717) is 11.4 Å². The van der Waals surface area contributed by atoms with E-state index < -0.39 is 5.91 Å². The van der Waals surface area contributed by atoms with E-state index in [1.165, 1.54) is 27.8 Å². The van der Waals surface area contributed by atoms with Gasteiger partial charge in [0.1, 0.15) is 0 Å². The zero-order valence-corrected chi connectivity index (χ0v) is 17.4. The van der Waals surface area contributed by atoms with Gasteiger partial charge in [0.25, 0.3) is 5.91 Å². The molecule has 0 unspecified atom stereocenters. The zero-order valence-electron chi connectivity index (χ0n) is 15.7. The number of nitrogens with two attached hydrogens (primary N) is 1. The van der Waals surface area contributed by atoms with Crippen molar-refractivity contribution in [1.82, 2.24) is 30.7 Å². The molecule has 0 atom stereocenters. The summed E-state index contributed by atoms with van der Waals surface area (Å²) in [6.45, 7) is 2.02. The van der Waals surface area contributed by atoms with Crippen LogP contribution in [0.5, 0.6) is 0 Å². The Labute approximate surface area is 179 Å². The summed E-state index contributed by atoms with van der Waals surface area (Å²) in [6, 6.07) is 9.94. The number of hydrogen-bond acceptors (Lipinski definition) is 10. The van der Waals surface area contributed by atoms with Gasteiger partial charge in [-0.1, -0.05) is 22.9 Å². The highest BCUT2D eigenvalue weighted by Crippen LogP contribution is 2.26. The Bertz CT molecular complexity index is 1170. The van der Waals surface area contributed by atoms with Crippen LogP contribution in [0.15, 0.2) is 55.7 Å². The molecule has 0 fully saturated rings. The van der Waals surface area contributed by atoms with Crippen molar-refractivity contribution in [2.75, 3.05) is 5.73 Å². The lowest BCUT2D eigenvalue weighted by Gasteiger charge is -2.06. The smallest absolute Gasteiger partial charge is 0.293 e. The molecule has 4 aromatic rings. The average Bonchev–Trinajstić information content (AvgIpc) is 3.48. The van der Waals surface area contributed by atoms with E-state index in [-0.39, 0.29) is 17.3 Å². The van der Waals surface area contributed by atoms with Crippen molar-refractivity contribution in [1.29, 1.82) is 0 Å². The molecule has 10 nitrogen and oxygen atoms in total. The number of aryl methyl sites for hydroxylation is 1. The van der Waals surface area contributed by atoms with Gasteiger partial charge in [-0.2, -0.15) is 21.1 Å². The van der Waals surface area contributed by atoms with Gasteiger partial charge in [-0.15, -0.1) is 16.9 Å². The molecule has 0 aliphatic heterocycles. The van der Waals surface area contributed by atoms with Crippen LogP contribution < -0.4 is 11.2 Å². The quantitative estimate of drug-likeness (QED) is 0.254. The fraction of sp³-hybridized carbons (Fsp3) is 0.111. The fourth-order valence-corrected chi connectivity index (χ4v) is 3.97. The first-order chi connectivity index (χ1) is 14.6. The molecule has 4 rings (SSSR count). The summed E-state index contributed by atoms with van der Waals surface area (Å²) in [5.74, 6) is 0.105. The number of hydrazone groups is 1. The van der Waals surface area contributed by atoms with Gasteiger partial charge in [0.05, 0.1) is 11.9 Å². The van der Waals surface area contributed by atoms with Crippen molar-refractivity contribution >= 4 is 41.0 Å². The Kier molecular flexibility index (Phi) is 5.86. The van der Waals surface area contributed by atoms with Gasteiger partial charge < -0.3 is 5.73 Å². The fourth-order valence-electron chi connectivity index (χ4n) is 2.47. The third kappa shape index (κ3) is 4.39. The van der Waals surface area contributed by atoms with Gasteiger partial charge >= 0.3 is 0 Å². The Balaban J connectivity index is 1.59. The molecule has 0 radical (unpaired) electrons. The maximum absolute atomic E-state index is 12.7. The first-order valence-corrected chi connectivity index (χ1v) is 10.6. The largest absolute Gasteiger partial charge is 0.378 e.